The third-order valence-corrected chi connectivity index (χ3v) is 4.27. The van der Waals surface area contributed by atoms with Crippen LogP contribution >= 0.6 is 0 Å². The second-order valence-electron chi connectivity index (χ2n) is 6.85. The average Bonchev–Trinajstić information content (AvgIpc) is 2.79. The van der Waals surface area contributed by atoms with Gasteiger partial charge in [-0.15, -0.1) is 0 Å². The molecule has 1 aromatic rings. The smallest absolute Gasteiger partial charge is 0.268 e. The highest BCUT2D eigenvalue weighted by Gasteiger charge is 2.28. The summed E-state index contributed by atoms with van der Waals surface area (Å²) in [6.07, 6.45) is 3.83. The minimum absolute atomic E-state index is 0.0113. The van der Waals surface area contributed by atoms with E-state index in [9.17, 15) is 4.79 Å². The van der Waals surface area contributed by atoms with E-state index in [-0.39, 0.29) is 17.5 Å². The predicted molar refractivity (Wildman–Crippen MR) is 86.3 cm³/mol. The second-order valence-corrected chi connectivity index (χ2v) is 6.85. The van der Waals surface area contributed by atoms with Crippen LogP contribution in [0.2, 0.25) is 0 Å². The maximum atomic E-state index is 12.4. The summed E-state index contributed by atoms with van der Waals surface area (Å²) >= 11 is 0. The molecule has 1 aromatic heterocycles. The number of nitrogen functional groups attached to an aromatic ring is 1. The number of hydrogen-bond acceptors (Lipinski definition) is 3. The largest absolute Gasteiger partial charge is 0.397 e. The molecule has 1 amide bonds. The summed E-state index contributed by atoms with van der Waals surface area (Å²) in [5.41, 5.74) is 7.30. The van der Waals surface area contributed by atoms with E-state index in [4.69, 9.17) is 5.73 Å². The predicted octanol–water partition coefficient (Wildman–Crippen LogP) is 2.08. The van der Waals surface area contributed by atoms with Gasteiger partial charge in [-0.25, -0.2) is 0 Å². The van der Waals surface area contributed by atoms with Crippen molar-refractivity contribution >= 4 is 11.6 Å². The van der Waals surface area contributed by atoms with Crippen LogP contribution in [0, 0.1) is 0 Å². The molecule has 1 aliphatic heterocycles. The number of anilines is 1. The van der Waals surface area contributed by atoms with Crippen LogP contribution in [0.15, 0.2) is 12.3 Å². The Balaban J connectivity index is 1.93. The molecule has 2 heterocycles. The molecule has 1 fully saturated rings. The molecule has 0 spiro atoms. The molecule has 2 rings (SSSR count). The summed E-state index contributed by atoms with van der Waals surface area (Å²) in [4.78, 5) is 14.9. The van der Waals surface area contributed by atoms with E-state index in [0.29, 0.717) is 11.4 Å². The maximum Gasteiger partial charge on any atom is 0.268 e. The Bertz CT molecular complexity index is 493. The van der Waals surface area contributed by atoms with Gasteiger partial charge in [0.1, 0.15) is 5.69 Å². The molecule has 0 aromatic carbocycles. The van der Waals surface area contributed by atoms with Gasteiger partial charge in [0.05, 0.1) is 5.69 Å². The molecular weight excluding hydrogens is 264 g/mol. The van der Waals surface area contributed by atoms with Crippen LogP contribution in [0.25, 0.3) is 0 Å². The van der Waals surface area contributed by atoms with E-state index >= 15 is 0 Å². The van der Waals surface area contributed by atoms with Gasteiger partial charge in [0.15, 0.2) is 0 Å². The van der Waals surface area contributed by atoms with Crippen molar-refractivity contribution in [1.82, 2.24) is 14.8 Å². The number of piperidine rings is 1. The molecule has 21 heavy (non-hydrogen) atoms. The lowest BCUT2D eigenvalue weighted by Gasteiger charge is -2.41. The Hall–Kier alpha value is -1.49. The number of aromatic nitrogens is 1. The van der Waals surface area contributed by atoms with Gasteiger partial charge in [0.25, 0.3) is 5.91 Å². The third kappa shape index (κ3) is 3.79. The fraction of sp³-hybridized carbons (Fsp3) is 0.688. The van der Waals surface area contributed by atoms with Crippen LogP contribution in [-0.4, -0.2) is 40.0 Å². The van der Waals surface area contributed by atoms with Crippen LogP contribution in [0.3, 0.4) is 0 Å². The van der Waals surface area contributed by atoms with Gasteiger partial charge in [-0.05, 0) is 46.6 Å². The summed E-state index contributed by atoms with van der Waals surface area (Å²) < 4.78 is 1.90. The lowest BCUT2D eigenvalue weighted by atomic mass is 9.98. The van der Waals surface area contributed by atoms with Crippen molar-refractivity contribution in [3.8, 4) is 0 Å². The molecule has 5 heteroatoms. The van der Waals surface area contributed by atoms with E-state index in [1.54, 1.807) is 6.07 Å². The Morgan fingerprint density at radius 3 is 2.52 bits per heavy atom. The fourth-order valence-electron chi connectivity index (χ4n) is 2.94. The van der Waals surface area contributed by atoms with Crippen LogP contribution < -0.4 is 11.1 Å². The second kappa shape index (κ2) is 6.10. The molecule has 118 valence electrons. The number of nitrogens with one attached hydrogen (secondary N) is 1. The van der Waals surface area contributed by atoms with E-state index < -0.39 is 0 Å². The zero-order chi connectivity index (χ0) is 15.6. The first-order valence-electron chi connectivity index (χ1n) is 7.83. The molecule has 0 bridgehead atoms. The Morgan fingerprint density at radius 2 is 2.00 bits per heavy atom. The number of likely N-dealkylation sites (tertiary alicyclic amines) is 1. The van der Waals surface area contributed by atoms with Gasteiger partial charge < -0.3 is 15.6 Å². The summed E-state index contributed by atoms with van der Waals surface area (Å²) in [5, 5.41) is 3.15. The summed E-state index contributed by atoms with van der Waals surface area (Å²) in [6.45, 7) is 11.5. The summed E-state index contributed by atoms with van der Waals surface area (Å²) in [6, 6.07) is 2.01. The first-order valence-corrected chi connectivity index (χ1v) is 7.83. The molecule has 5 nitrogen and oxygen atoms in total. The molecule has 1 aliphatic rings. The van der Waals surface area contributed by atoms with Crippen molar-refractivity contribution < 1.29 is 4.79 Å². The first kappa shape index (κ1) is 15.9. The number of aryl methyl sites for hydroxylation is 1. The average molecular weight is 292 g/mol. The maximum absolute atomic E-state index is 12.4. The topological polar surface area (TPSA) is 63.3 Å². The zero-order valence-electron chi connectivity index (χ0n) is 13.6. The van der Waals surface area contributed by atoms with Gasteiger partial charge in [-0.3, -0.25) is 9.69 Å². The quantitative estimate of drug-likeness (QED) is 0.896. The van der Waals surface area contributed by atoms with Gasteiger partial charge in [-0.1, -0.05) is 0 Å². The van der Waals surface area contributed by atoms with Crippen molar-refractivity contribution in [2.24, 2.45) is 0 Å². The van der Waals surface area contributed by atoms with Gasteiger partial charge in [-0.2, -0.15) is 0 Å². The van der Waals surface area contributed by atoms with E-state index in [2.05, 4.69) is 31.0 Å². The Morgan fingerprint density at radius 1 is 1.38 bits per heavy atom. The highest BCUT2D eigenvalue weighted by atomic mass is 16.2. The zero-order valence-corrected chi connectivity index (χ0v) is 13.6. The van der Waals surface area contributed by atoms with Crippen molar-refractivity contribution in [3.63, 3.8) is 0 Å². The molecule has 0 aliphatic carbocycles. The van der Waals surface area contributed by atoms with Crippen LogP contribution in [0.5, 0.6) is 0 Å². The van der Waals surface area contributed by atoms with Gasteiger partial charge in [0.2, 0.25) is 0 Å². The number of nitrogens with zero attached hydrogens (tertiary/aromatic N) is 2. The molecule has 3 N–H and O–H groups in total. The van der Waals surface area contributed by atoms with E-state index in [0.717, 1.165) is 32.5 Å². The van der Waals surface area contributed by atoms with E-state index in [1.807, 2.05) is 17.7 Å². The number of carbonyl (C=O) groups excluding carboxylic acids is 1. The van der Waals surface area contributed by atoms with Crippen molar-refractivity contribution in [3.05, 3.63) is 18.0 Å². The molecule has 0 unspecified atom stereocenters. The summed E-state index contributed by atoms with van der Waals surface area (Å²) in [7, 11) is 0. The standard InChI is InChI=1S/C16H28N4O/c1-5-19-11-12(17)10-14(19)15(21)18-13-6-8-20(9-7-13)16(2,3)4/h10-11,13H,5-9,17H2,1-4H3,(H,18,21). The minimum atomic E-state index is -0.0113. The monoisotopic (exact) mass is 292 g/mol. The molecular formula is C16H28N4O. The number of rotatable bonds is 3. The van der Waals surface area contributed by atoms with E-state index in [1.165, 1.54) is 0 Å². The van der Waals surface area contributed by atoms with Crippen molar-refractivity contribution in [1.29, 1.82) is 0 Å². The third-order valence-electron chi connectivity index (χ3n) is 4.27. The van der Waals surface area contributed by atoms with Crippen LogP contribution in [-0.2, 0) is 6.54 Å². The lowest BCUT2D eigenvalue weighted by molar-refractivity contribution is 0.0806. The lowest BCUT2D eigenvalue weighted by Crippen LogP contribution is -2.51. The molecule has 0 atom stereocenters. The van der Waals surface area contributed by atoms with Gasteiger partial charge >= 0.3 is 0 Å². The number of nitrogens with two attached hydrogens (primary N) is 1. The fourth-order valence-corrected chi connectivity index (χ4v) is 2.94. The van der Waals surface area contributed by atoms with Crippen molar-refractivity contribution in [2.75, 3.05) is 18.8 Å². The van der Waals surface area contributed by atoms with Crippen molar-refractivity contribution in [2.45, 2.75) is 58.7 Å². The minimum Gasteiger partial charge on any atom is -0.397 e. The summed E-state index contributed by atoms with van der Waals surface area (Å²) in [5.74, 6) is -0.0113. The van der Waals surface area contributed by atoms with Crippen LogP contribution in [0.4, 0.5) is 5.69 Å². The highest BCUT2D eigenvalue weighted by Crippen LogP contribution is 2.20. The SMILES string of the molecule is CCn1cc(N)cc1C(=O)NC1CCN(C(C)(C)C)CC1. The van der Waals surface area contributed by atoms with Crippen LogP contribution in [0.1, 0.15) is 51.0 Å². The molecule has 1 saturated heterocycles. The molecule has 0 saturated carbocycles. The number of carbonyl (C=O) groups is 1. The Kier molecular flexibility index (Phi) is 4.61. The first-order chi connectivity index (χ1) is 9.81. The van der Waals surface area contributed by atoms with Gasteiger partial charge in [0, 0.05) is 37.4 Å². The number of hydrogen-bond donors (Lipinski definition) is 2. The number of amides is 1. The normalized spacial score (nSPS) is 17.9. The Labute approximate surface area is 127 Å². The molecule has 0 radical (unpaired) electrons. The highest BCUT2D eigenvalue weighted by molar-refractivity contribution is 5.94.